The van der Waals surface area contributed by atoms with Crippen LogP contribution in [0.1, 0.15) is 18.4 Å². The van der Waals surface area contributed by atoms with Gasteiger partial charge in [-0.3, -0.25) is 5.41 Å². The highest BCUT2D eigenvalue weighted by molar-refractivity contribution is 5.72. The Bertz CT molecular complexity index is 278. The van der Waals surface area contributed by atoms with Gasteiger partial charge in [-0.15, -0.1) is 0 Å². The zero-order chi connectivity index (χ0) is 9.68. The van der Waals surface area contributed by atoms with E-state index in [-0.39, 0.29) is 0 Å². The molecule has 1 heterocycles. The number of aromatic nitrogens is 1. The molecule has 1 aromatic heterocycles. The molecule has 0 saturated heterocycles. The van der Waals surface area contributed by atoms with E-state index >= 15 is 0 Å². The third kappa shape index (κ3) is 3.32. The van der Waals surface area contributed by atoms with Crippen LogP contribution in [0.25, 0.3) is 0 Å². The molecule has 0 aliphatic carbocycles. The summed E-state index contributed by atoms with van der Waals surface area (Å²) in [6.07, 6.45) is 6.88. The van der Waals surface area contributed by atoms with Gasteiger partial charge in [0.15, 0.2) is 5.90 Å². The lowest BCUT2D eigenvalue weighted by Crippen LogP contribution is -1.99. The molecule has 3 heteroatoms. The van der Waals surface area contributed by atoms with Crippen molar-refractivity contribution in [3.63, 3.8) is 0 Å². The third-order valence-electron chi connectivity index (χ3n) is 2.01. The Balaban J connectivity index is 2.24. The average molecular weight is 180 g/mol. The lowest BCUT2D eigenvalue weighted by molar-refractivity contribution is 0.384. The molecular formula is C10H16N2O. The number of ether oxygens (including phenoxy) is 1. The number of aryl methyl sites for hydroxylation is 2. The Kier molecular flexibility index (Phi) is 3.55. The zero-order valence-corrected chi connectivity index (χ0v) is 8.21. The highest BCUT2D eigenvalue weighted by Crippen LogP contribution is 2.05. The molecule has 0 aliphatic heterocycles. The van der Waals surface area contributed by atoms with Gasteiger partial charge in [-0.1, -0.05) is 0 Å². The van der Waals surface area contributed by atoms with Crippen molar-refractivity contribution in [3.8, 4) is 0 Å². The van der Waals surface area contributed by atoms with Gasteiger partial charge in [0.25, 0.3) is 0 Å². The molecule has 0 fully saturated rings. The fourth-order valence-electron chi connectivity index (χ4n) is 1.26. The number of hydrogen-bond donors (Lipinski definition) is 1. The molecule has 0 radical (unpaired) electrons. The van der Waals surface area contributed by atoms with Crippen molar-refractivity contribution in [2.75, 3.05) is 7.11 Å². The number of nitrogens with one attached hydrogen (secondary N) is 1. The van der Waals surface area contributed by atoms with Crippen LogP contribution in [0.4, 0.5) is 0 Å². The summed E-state index contributed by atoms with van der Waals surface area (Å²) in [4.78, 5) is 0. The minimum absolute atomic E-state index is 0.371. The smallest absolute Gasteiger partial charge is 0.180 e. The molecule has 3 nitrogen and oxygen atoms in total. The van der Waals surface area contributed by atoms with Crippen LogP contribution < -0.4 is 0 Å². The monoisotopic (exact) mass is 180 g/mol. The summed E-state index contributed by atoms with van der Waals surface area (Å²) in [7, 11) is 3.56. The standard InChI is InChI=1S/C10H16N2O/c1-12-7-6-9(8-12)4-3-5-10(11)13-2/h6-8,11H,3-5H2,1-2H3. The molecule has 13 heavy (non-hydrogen) atoms. The van der Waals surface area contributed by atoms with Crippen molar-refractivity contribution in [2.45, 2.75) is 19.3 Å². The van der Waals surface area contributed by atoms with Crippen LogP contribution in [0.5, 0.6) is 0 Å². The summed E-state index contributed by atoms with van der Waals surface area (Å²) in [5, 5.41) is 7.28. The predicted octanol–water partition coefficient (Wildman–Crippen LogP) is 1.97. The van der Waals surface area contributed by atoms with Gasteiger partial charge in [-0.2, -0.15) is 0 Å². The number of hydrogen-bond acceptors (Lipinski definition) is 2. The van der Waals surface area contributed by atoms with E-state index in [9.17, 15) is 0 Å². The Labute approximate surface area is 78.8 Å². The number of methoxy groups -OCH3 is 1. The topological polar surface area (TPSA) is 38.0 Å². The normalized spacial score (nSPS) is 10.0. The van der Waals surface area contributed by atoms with Crippen molar-refractivity contribution < 1.29 is 4.74 Å². The SMILES string of the molecule is COC(=N)CCCc1ccn(C)c1. The largest absolute Gasteiger partial charge is 0.484 e. The maximum absolute atomic E-state index is 7.28. The molecule has 1 rings (SSSR count). The summed E-state index contributed by atoms with van der Waals surface area (Å²) in [5.74, 6) is 0.371. The third-order valence-corrected chi connectivity index (χ3v) is 2.01. The second kappa shape index (κ2) is 4.70. The van der Waals surface area contributed by atoms with E-state index < -0.39 is 0 Å². The van der Waals surface area contributed by atoms with Gasteiger partial charge in [0.05, 0.1) is 7.11 Å². The van der Waals surface area contributed by atoms with Gasteiger partial charge < -0.3 is 9.30 Å². The van der Waals surface area contributed by atoms with Crippen molar-refractivity contribution in [3.05, 3.63) is 24.0 Å². The van der Waals surface area contributed by atoms with Crippen molar-refractivity contribution in [2.24, 2.45) is 7.05 Å². The first-order valence-corrected chi connectivity index (χ1v) is 4.44. The highest BCUT2D eigenvalue weighted by Gasteiger charge is 1.97. The van der Waals surface area contributed by atoms with Crippen LogP contribution in [-0.2, 0) is 18.2 Å². The first-order chi connectivity index (χ1) is 6.22. The molecule has 0 spiro atoms. The minimum Gasteiger partial charge on any atom is -0.484 e. The van der Waals surface area contributed by atoms with Crippen molar-refractivity contribution in [1.82, 2.24) is 4.57 Å². The molecule has 0 aromatic carbocycles. The van der Waals surface area contributed by atoms with Crippen LogP contribution in [0.2, 0.25) is 0 Å². The lowest BCUT2D eigenvalue weighted by Gasteiger charge is -2.00. The fraction of sp³-hybridized carbons (Fsp3) is 0.500. The molecule has 1 aromatic rings. The highest BCUT2D eigenvalue weighted by atomic mass is 16.5. The van der Waals surface area contributed by atoms with E-state index in [0.29, 0.717) is 5.90 Å². The zero-order valence-electron chi connectivity index (χ0n) is 8.21. The molecule has 0 unspecified atom stereocenters. The van der Waals surface area contributed by atoms with Crippen molar-refractivity contribution in [1.29, 1.82) is 5.41 Å². The van der Waals surface area contributed by atoms with E-state index in [1.54, 1.807) is 7.11 Å². The van der Waals surface area contributed by atoms with E-state index in [4.69, 9.17) is 10.1 Å². The first-order valence-electron chi connectivity index (χ1n) is 4.44. The summed E-state index contributed by atoms with van der Waals surface area (Å²) in [5.41, 5.74) is 1.33. The first kappa shape index (κ1) is 9.84. The summed E-state index contributed by atoms with van der Waals surface area (Å²) < 4.78 is 6.81. The van der Waals surface area contributed by atoms with E-state index in [2.05, 4.69) is 12.3 Å². The molecule has 0 amide bonds. The van der Waals surface area contributed by atoms with Gasteiger partial charge in [0.2, 0.25) is 0 Å². The van der Waals surface area contributed by atoms with Crippen LogP contribution in [0.3, 0.4) is 0 Å². The number of nitrogens with zero attached hydrogens (tertiary/aromatic N) is 1. The van der Waals surface area contributed by atoms with Crippen LogP contribution >= 0.6 is 0 Å². The summed E-state index contributed by atoms with van der Waals surface area (Å²) >= 11 is 0. The van der Waals surface area contributed by atoms with Gasteiger partial charge >= 0.3 is 0 Å². The maximum atomic E-state index is 7.28. The molecular weight excluding hydrogens is 164 g/mol. The maximum Gasteiger partial charge on any atom is 0.180 e. The lowest BCUT2D eigenvalue weighted by atomic mass is 10.1. The predicted molar refractivity (Wildman–Crippen MR) is 53.1 cm³/mol. The molecule has 0 saturated carbocycles. The molecule has 1 N–H and O–H groups in total. The van der Waals surface area contributed by atoms with E-state index in [1.165, 1.54) is 5.56 Å². The van der Waals surface area contributed by atoms with Gasteiger partial charge in [-0.25, -0.2) is 0 Å². The Morgan fingerprint density at radius 2 is 2.38 bits per heavy atom. The molecule has 72 valence electrons. The Hall–Kier alpha value is -1.25. The van der Waals surface area contributed by atoms with Crippen LogP contribution in [0, 0.1) is 5.41 Å². The Morgan fingerprint density at radius 3 is 2.92 bits per heavy atom. The van der Waals surface area contributed by atoms with Crippen LogP contribution in [-0.4, -0.2) is 17.6 Å². The number of rotatable bonds is 4. The molecule has 0 atom stereocenters. The quantitative estimate of drug-likeness (QED) is 0.558. The van der Waals surface area contributed by atoms with E-state index in [1.807, 2.05) is 17.8 Å². The van der Waals surface area contributed by atoms with Gasteiger partial charge in [0.1, 0.15) is 0 Å². The Morgan fingerprint density at radius 1 is 1.62 bits per heavy atom. The fourth-order valence-corrected chi connectivity index (χ4v) is 1.26. The van der Waals surface area contributed by atoms with E-state index in [0.717, 1.165) is 19.3 Å². The van der Waals surface area contributed by atoms with Crippen molar-refractivity contribution >= 4 is 5.90 Å². The van der Waals surface area contributed by atoms with Crippen LogP contribution in [0.15, 0.2) is 18.5 Å². The molecule has 0 bridgehead atoms. The summed E-state index contributed by atoms with van der Waals surface area (Å²) in [6, 6.07) is 2.11. The minimum atomic E-state index is 0.371. The summed E-state index contributed by atoms with van der Waals surface area (Å²) in [6.45, 7) is 0. The van der Waals surface area contributed by atoms with Gasteiger partial charge in [0, 0.05) is 25.9 Å². The second-order valence-corrected chi connectivity index (χ2v) is 3.17. The second-order valence-electron chi connectivity index (χ2n) is 3.17. The molecule has 0 aliphatic rings. The van der Waals surface area contributed by atoms with Gasteiger partial charge in [-0.05, 0) is 24.5 Å². The average Bonchev–Trinajstić information content (AvgIpc) is 2.51.